The van der Waals surface area contributed by atoms with Crippen molar-refractivity contribution in [2.75, 3.05) is 20.0 Å². The molecule has 0 fully saturated rings. The van der Waals surface area contributed by atoms with Crippen LogP contribution in [0.4, 0.5) is 5.82 Å². The van der Waals surface area contributed by atoms with Crippen LogP contribution >= 0.6 is 0 Å². The third-order valence-electron chi connectivity index (χ3n) is 5.70. The summed E-state index contributed by atoms with van der Waals surface area (Å²) < 4.78 is 49.9. The molecule has 0 spiro atoms. The Kier molecular flexibility index (Phi) is 5.30. The molecule has 4 aromatic carbocycles. The number of fused-ring (bicyclic) bond motifs is 5. The molecule has 0 saturated carbocycles. The van der Waals surface area contributed by atoms with Gasteiger partial charge < -0.3 is 15.2 Å². The predicted octanol–water partition coefficient (Wildman–Crippen LogP) is 2.08. The van der Waals surface area contributed by atoms with Gasteiger partial charge in [0.25, 0.3) is 5.75 Å². The topological polar surface area (TPSA) is 136 Å². The zero-order valence-electron chi connectivity index (χ0n) is 18.2. The van der Waals surface area contributed by atoms with Crippen molar-refractivity contribution in [3.63, 3.8) is 0 Å². The standard InChI is InChI=1S/C25H19ClN2O6/c1-32-14-10-11-15(22(12-14)33-2)20-13-19-17(8-5-9-21(19)34-26(29,30)31)24-23(20)16-6-3-4-7-18(16)25(27)28-24/h3-13H,1-2H3,(H2,27,28). The zero-order chi connectivity index (χ0) is 24.0. The average molecular weight is 479 g/mol. The molecule has 0 saturated heterocycles. The van der Waals surface area contributed by atoms with Crippen LogP contribution in [-0.2, 0) is 0 Å². The second-order valence-corrected chi connectivity index (χ2v) is 8.47. The zero-order valence-corrected chi connectivity index (χ0v) is 19.0. The van der Waals surface area contributed by atoms with Gasteiger partial charge in [0.1, 0.15) is 27.6 Å². The summed E-state index contributed by atoms with van der Waals surface area (Å²) >= 11 is 0. The number of anilines is 1. The van der Waals surface area contributed by atoms with E-state index >= 15 is 0 Å². The van der Waals surface area contributed by atoms with Crippen LogP contribution in [0.3, 0.4) is 0 Å². The Hall–Kier alpha value is -3.82. The van der Waals surface area contributed by atoms with Crippen LogP contribution < -0.4 is 33.5 Å². The monoisotopic (exact) mass is 478 g/mol. The lowest BCUT2D eigenvalue weighted by Gasteiger charge is -2.18. The lowest BCUT2D eigenvalue weighted by molar-refractivity contribution is -1.91. The molecule has 172 valence electrons. The van der Waals surface area contributed by atoms with Crippen LogP contribution in [0, 0.1) is 10.2 Å². The van der Waals surface area contributed by atoms with Crippen molar-refractivity contribution >= 4 is 38.3 Å². The molecule has 0 aliphatic heterocycles. The van der Waals surface area contributed by atoms with Crippen molar-refractivity contribution in [2.45, 2.75) is 0 Å². The van der Waals surface area contributed by atoms with Crippen molar-refractivity contribution in [1.29, 1.82) is 0 Å². The Morgan fingerprint density at radius 1 is 0.735 bits per heavy atom. The van der Waals surface area contributed by atoms with Crippen LogP contribution in [0.5, 0.6) is 17.2 Å². The summed E-state index contributed by atoms with van der Waals surface area (Å²) in [5, 5.41) is 3.40. The van der Waals surface area contributed by atoms with E-state index in [2.05, 4.69) is 4.98 Å². The second kappa shape index (κ2) is 8.19. The number of aromatic nitrogens is 1. The molecule has 0 aliphatic carbocycles. The third-order valence-corrected chi connectivity index (χ3v) is 6.05. The smallest absolute Gasteiger partial charge is 0.296 e. The van der Waals surface area contributed by atoms with Crippen LogP contribution in [0.15, 0.2) is 66.7 Å². The molecule has 5 rings (SSSR count). The molecule has 9 heteroatoms. The molecule has 1 heterocycles. The molecular formula is C25H19ClN2O6. The molecule has 0 aliphatic rings. The summed E-state index contributed by atoms with van der Waals surface area (Å²) in [7, 11) is -1.59. The van der Waals surface area contributed by atoms with Gasteiger partial charge in [-0.15, -0.1) is 0 Å². The number of methoxy groups -OCH3 is 2. The summed E-state index contributed by atoms with van der Waals surface area (Å²) in [5.74, 6) is 1.36. The van der Waals surface area contributed by atoms with Gasteiger partial charge in [-0.3, -0.25) is 0 Å². The first kappa shape index (κ1) is 22.0. The summed E-state index contributed by atoms with van der Waals surface area (Å²) in [6.45, 7) is 0. The Labute approximate surface area is 196 Å². The van der Waals surface area contributed by atoms with Gasteiger partial charge in [-0.05, 0) is 35.2 Å². The van der Waals surface area contributed by atoms with Gasteiger partial charge in [-0.2, -0.15) is 14.0 Å². The van der Waals surface area contributed by atoms with E-state index in [1.807, 2.05) is 30.3 Å². The van der Waals surface area contributed by atoms with Crippen LogP contribution in [0.1, 0.15) is 0 Å². The first-order valence-corrected chi connectivity index (χ1v) is 11.4. The molecule has 2 N–H and O–H groups in total. The number of nitrogens with two attached hydrogens (primary N) is 1. The van der Waals surface area contributed by atoms with E-state index in [1.165, 1.54) is 6.07 Å². The lowest BCUT2D eigenvalue weighted by atomic mass is 9.92. The fraction of sp³-hybridized carbons (Fsp3) is 0.0800. The Bertz CT molecular complexity index is 1570. The molecule has 0 atom stereocenters. The minimum absolute atomic E-state index is 0.113. The minimum atomic E-state index is -4.70. The number of pyridine rings is 1. The molecular weight excluding hydrogens is 460 g/mol. The van der Waals surface area contributed by atoms with Crippen LogP contribution in [0.2, 0.25) is 0 Å². The van der Waals surface area contributed by atoms with Crippen molar-refractivity contribution in [3.8, 4) is 28.4 Å². The summed E-state index contributed by atoms with van der Waals surface area (Å²) in [4.78, 5) is 4.67. The Morgan fingerprint density at radius 2 is 1.47 bits per heavy atom. The molecule has 5 aromatic rings. The highest BCUT2D eigenvalue weighted by atomic mass is 35.7. The molecule has 0 bridgehead atoms. The molecule has 1 aromatic heterocycles. The highest BCUT2D eigenvalue weighted by Gasteiger charge is 2.25. The fourth-order valence-electron chi connectivity index (χ4n) is 4.27. The number of hydrogen-bond acceptors (Lipinski definition) is 8. The Balaban J connectivity index is 1.99. The maximum Gasteiger partial charge on any atom is 0.296 e. The van der Waals surface area contributed by atoms with Gasteiger partial charge in [0.15, 0.2) is 0 Å². The first-order chi connectivity index (χ1) is 16.3. The van der Waals surface area contributed by atoms with E-state index in [0.717, 1.165) is 16.2 Å². The number of nitrogens with zero attached hydrogens (tertiary/aromatic N) is 1. The summed E-state index contributed by atoms with van der Waals surface area (Å²) in [5.41, 5.74) is 8.25. The molecule has 8 nitrogen and oxygen atoms in total. The van der Waals surface area contributed by atoms with Gasteiger partial charge >= 0.3 is 0 Å². The molecule has 34 heavy (non-hydrogen) atoms. The van der Waals surface area contributed by atoms with Gasteiger partial charge in [0, 0.05) is 33.2 Å². The van der Waals surface area contributed by atoms with E-state index in [9.17, 15) is 14.0 Å². The average Bonchev–Trinajstić information content (AvgIpc) is 2.82. The number of rotatable bonds is 5. The molecule has 0 amide bonds. The third kappa shape index (κ3) is 3.68. The van der Waals surface area contributed by atoms with Crippen molar-refractivity contribution < 1.29 is 38.0 Å². The van der Waals surface area contributed by atoms with Gasteiger partial charge in [0.2, 0.25) is 0 Å². The van der Waals surface area contributed by atoms with Crippen LogP contribution in [0.25, 0.3) is 43.6 Å². The number of hydrogen-bond donors (Lipinski definition) is 1. The largest absolute Gasteiger partial charge is 0.497 e. The SMILES string of the molecule is COc1ccc(-c2cc3c(O[Cl+3]([O-])([O-])[O-])cccc3c3nc(N)c4ccccc4c23)c(OC)c1. The normalized spacial score (nSPS) is 11.8. The maximum absolute atomic E-state index is 11.4. The minimum Gasteiger partial charge on any atom is -0.497 e. The van der Waals surface area contributed by atoms with Crippen molar-refractivity contribution in [2.24, 2.45) is 0 Å². The van der Waals surface area contributed by atoms with E-state index in [1.54, 1.807) is 44.6 Å². The second-order valence-electron chi connectivity index (χ2n) is 7.56. The van der Waals surface area contributed by atoms with Crippen LogP contribution in [-0.4, -0.2) is 19.2 Å². The fourth-order valence-corrected chi connectivity index (χ4v) is 4.61. The summed E-state index contributed by atoms with van der Waals surface area (Å²) in [6, 6.07) is 19.6. The van der Waals surface area contributed by atoms with E-state index in [4.69, 9.17) is 19.5 Å². The predicted molar refractivity (Wildman–Crippen MR) is 120 cm³/mol. The molecule has 0 unspecified atom stereocenters. The van der Waals surface area contributed by atoms with Crippen molar-refractivity contribution in [1.82, 2.24) is 4.98 Å². The van der Waals surface area contributed by atoms with E-state index in [-0.39, 0.29) is 5.75 Å². The van der Waals surface area contributed by atoms with Crippen molar-refractivity contribution in [3.05, 3.63) is 66.7 Å². The number of ether oxygens (including phenoxy) is 2. The Morgan fingerprint density at radius 3 is 2.18 bits per heavy atom. The van der Waals surface area contributed by atoms with Gasteiger partial charge in [0.05, 0.1) is 19.7 Å². The maximum atomic E-state index is 11.4. The number of benzene rings is 4. The summed E-state index contributed by atoms with van der Waals surface area (Å²) in [6.07, 6.45) is 0. The number of halogens is 1. The number of nitrogen functional groups attached to an aromatic ring is 1. The lowest BCUT2D eigenvalue weighted by Crippen LogP contribution is -2.63. The highest BCUT2D eigenvalue weighted by molar-refractivity contribution is 6.23. The van der Waals surface area contributed by atoms with E-state index in [0.29, 0.717) is 44.7 Å². The quantitative estimate of drug-likeness (QED) is 0.379. The highest BCUT2D eigenvalue weighted by Crippen LogP contribution is 2.45. The van der Waals surface area contributed by atoms with Gasteiger partial charge in [-0.1, -0.05) is 40.7 Å². The van der Waals surface area contributed by atoms with Gasteiger partial charge in [-0.25, -0.2) is 4.98 Å². The first-order valence-electron chi connectivity index (χ1n) is 10.2. The molecule has 0 radical (unpaired) electrons. The van der Waals surface area contributed by atoms with E-state index < -0.39 is 10.2 Å².